The maximum absolute atomic E-state index is 14.3. The minimum atomic E-state index is -0.717. The molecule has 4 amide bonds. The second kappa shape index (κ2) is 11.9. The Morgan fingerprint density at radius 1 is 0.976 bits per heavy atom. The highest BCUT2D eigenvalue weighted by Crippen LogP contribution is 2.38. The van der Waals surface area contributed by atoms with E-state index in [0.717, 1.165) is 11.1 Å². The van der Waals surface area contributed by atoms with Crippen LogP contribution in [0.15, 0.2) is 96.2 Å². The number of hydrogen-bond acceptors (Lipinski definition) is 4. The lowest BCUT2D eigenvalue weighted by molar-refractivity contribution is -0.143. The maximum Gasteiger partial charge on any atom is 0.322 e. The Morgan fingerprint density at radius 2 is 1.63 bits per heavy atom. The molecule has 212 valence electrons. The van der Waals surface area contributed by atoms with Gasteiger partial charge in [-0.2, -0.15) is 0 Å². The molecule has 3 aromatic carbocycles. The van der Waals surface area contributed by atoms with Gasteiger partial charge < -0.3 is 19.9 Å². The summed E-state index contributed by atoms with van der Waals surface area (Å²) in [6, 6.07) is 24.9. The van der Waals surface area contributed by atoms with Gasteiger partial charge in [0, 0.05) is 26.1 Å². The molecule has 3 aromatic rings. The van der Waals surface area contributed by atoms with Crippen LogP contribution in [0.4, 0.5) is 4.79 Å². The van der Waals surface area contributed by atoms with Gasteiger partial charge >= 0.3 is 6.03 Å². The lowest BCUT2D eigenvalue weighted by Crippen LogP contribution is -2.51. The van der Waals surface area contributed by atoms with E-state index in [0.29, 0.717) is 35.7 Å². The SMILES string of the molecule is CCN1C(=O)N[C@@H](c2cccc(Oc3ccccc3)c2)C2=C1CN([C@H](Cc1ccccc1)C(=O)N(C)C(C)C)C2=O. The molecule has 2 atom stereocenters. The molecule has 5 rings (SSSR count). The summed E-state index contributed by atoms with van der Waals surface area (Å²) in [6.07, 6.45) is 0.377. The van der Waals surface area contributed by atoms with Crippen molar-refractivity contribution in [2.45, 2.75) is 45.3 Å². The number of carbonyl (C=O) groups excluding carboxylic acids is 3. The summed E-state index contributed by atoms with van der Waals surface area (Å²) in [4.78, 5) is 46.3. The van der Waals surface area contributed by atoms with E-state index in [1.807, 2.05) is 106 Å². The fourth-order valence-corrected chi connectivity index (χ4v) is 5.39. The average molecular weight is 553 g/mol. The molecule has 41 heavy (non-hydrogen) atoms. The quantitative estimate of drug-likeness (QED) is 0.399. The number of nitrogens with one attached hydrogen (secondary N) is 1. The first-order chi connectivity index (χ1) is 19.8. The van der Waals surface area contributed by atoms with Gasteiger partial charge in [0.1, 0.15) is 17.5 Å². The monoisotopic (exact) mass is 552 g/mol. The van der Waals surface area contributed by atoms with Crippen LogP contribution in [0.2, 0.25) is 0 Å². The smallest absolute Gasteiger partial charge is 0.322 e. The van der Waals surface area contributed by atoms with Crippen molar-refractivity contribution in [3.8, 4) is 11.5 Å². The third-order valence-electron chi connectivity index (χ3n) is 7.79. The number of carbonyl (C=O) groups is 3. The number of likely N-dealkylation sites (N-methyl/N-ethyl adjacent to an activating group) is 2. The van der Waals surface area contributed by atoms with Crippen LogP contribution in [0.3, 0.4) is 0 Å². The standard InChI is InChI=1S/C33H36N4O4/c1-5-36-28-21-37(27(31(38)35(4)22(2)3)19-23-13-8-6-9-14-23)32(39)29(28)30(34-33(36)40)24-15-12-18-26(20-24)41-25-16-10-7-11-17-25/h6-18,20,22,27,30H,5,19,21H2,1-4H3,(H,34,40)/t27-,30+/m1/s1. The normalized spacial score (nSPS) is 17.4. The predicted octanol–water partition coefficient (Wildman–Crippen LogP) is 5.14. The van der Waals surface area contributed by atoms with E-state index in [1.54, 1.807) is 21.7 Å². The summed E-state index contributed by atoms with van der Waals surface area (Å²) in [7, 11) is 1.77. The van der Waals surface area contributed by atoms with Crippen LogP contribution in [0.5, 0.6) is 11.5 Å². The van der Waals surface area contributed by atoms with Gasteiger partial charge in [-0.3, -0.25) is 14.5 Å². The van der Waals surface area contributed by atoms with Crippen molar-refractivity contribution in [3.05, 3.63) is 107 Å². The minimum absolute atomic E-state index is 0.0310. The van der Waals surface area contributed by atoms with E-state index >= 15 is 0 Å². The molecule has 1 N–H and O–H groups in total. The molecule has 0 radical (unpaired) electrons. The first-order valence-electron chi connectivity index (χ1n) is 14.0. The Labute approximate surface area is 241 Å². The fraction of sp³-hybridized carbons (Fsp3) is 0.303. The van der Waals surface area contributed by atoms with Gasteiger partial charge in [-0.1, -0.05) is 60.7 Å². The van der Waals surface area contributed by atoms with Gasteiger partial charge in [-0.25, -0.2) is 4.79 Å². The highest BCUT2D eigenvalue weighted by molar-refractivity contribution is 6.03. The van der Waals surface area contributed by atoms with Crippen molar-refractivity contribution in [2.24, 2.45) is 0 Å². The van der Waals surface area contributed by atoms with Gasteiger partial charge in [0.2, 0.25) is 5.91 Å². The molecule has 0 aromatic heterocycles. The summed E-state index contributed by atoms with van der Waals surface area (Å²) in [5, 5.41) is 3.04. The number of urea groups is 1. The molecular weight excluding hydrogens is 516 g/mol. The second-order valence-electron chi connectivity index (χ2n) is 10.7. The average Bonchev–Trinajstić information content (AvgIpc) is 3.32. The molecule has 8 heteroatoms. The molecule has 0 bridgehead atoms. The zero-order chi connectivity index (χ0) is 29.1. The van der Waals surface area contributed by atoms with Crippen molar-refractivity contribution in [3.63, 3.8) is 0 Å². The van der Waals surface area contributed by atoms with Gasteiger partial charge in [0.15, 0.2) is 0 Å². The van der Waals surface area contributed by atoms with Gasteiger partial charge in [0.05, 0.1) is 23.9 Å². The van der Waals surface area contributed by atoms with E-state index in [2.05, 4.69) is 5.32 Å². The maximum atomic E-state index is 14.3. The number of ether oxygens (including phenoxy) is 1. The molecule has 0 saturated heterocycles. The molecule has 2 aliphatic heterocycles. The molecule has 0 fully saturated rings. The highest BCUT2D eigenvalue weighted by Gasteiger charge is 2.47. The molecule has 0 unspecified atom stereocenters. The third kappa shape index (κ3) is 5.68. The summed E-state index contributed by atoms with van der Waals surface area (Å²) < 4.78 is 6.04. The molecular formula is C33H36N4O4. The van der Waals surface area contributed by atoms with Crippen molar-refractivity contribution in [1.29, 1.82) is 0 Å². The van der Waals surface area contributed by atoms with Crippen LogP contribution in [0.1, 0.15) is 37.9 Å². The molecule has 0 spiro atoms. The number of para-hydroxylation sites is 1. The lowest BCUT2D eigenvalue weighted by Gasteiger charge is -2.33. The van der Waals surface area contributed by atoms with Crippen molar-refractivity contribution >= 4 is 17.8 Å². The molecule has 2 heterocycles. The number of nitrogens with zero attached hydrogens (tertiary/aromatic N) is 3. The van der Waals surface area contributed by atoms with Crippen LogP contribution < -0.4 is 10.1 Å². The van der Waals surface area contributed by atoms with Crippen LogP contribution in [-0.4, -0.2) is 64.8 Å². The molecule has 0 saturated carbocycles. The summed E-state index contributed by atoms with van der Waals surface area (Å²) >= 11 is 0. The van der Waals surface area contributed by atoms with Crippen LogP contribution >= 0.6 is 0 Å². The largest absolute Gasteiger partial charge is 0.457 e. The summed E-state index contributed by atoms with van der Waals surface area (Å²) in [5.74, 6) is 0.911. The molecule has 0 aliphatic carbocycles. The van der Waals surface area contributed by atoms with Crippen molar-refractivity contribution in [2.75, 3.05) is 20.1 Å². The Kier molecular flexibility index (Phi) is 8.10. The first-order valence-corrected chi connectivity index (χ1v) is 14.0. The zero-order valence-corrected chi connectivity index (χ0v) is 23.9. The molecule has 8 nitrogen and oxygen atoms in total. The molecule has 2 aliphatic rings. The number of hydrogen-bond donors (Lipinski definition) is 1. The van der Waals surface area contributed by atoms with Crippen LogP contribution in [0.25, 0.3) is 0 Å². The van der Waals surface area contributed by atoms with Crippen molar-refractivity contribution < 1.29 is 19.1 Å². The van der Waals surface area contributed by atoms with Crippen LogP contribution in [0, 0.1) is 0 Å². The highest BCUT2D eigenvalue weighted by atomic mass is 16.5. The second-order valence-corrected chi connectivity index (χ2v) is 10.7. The fourth-order valence-electron chi connectivity index (χ4n) is 5.39. The van der Waals surface area contributed by atoms with E-state index in [4.69, 9.17) is 4.74 Å². The van der Waals surface area contributed by atoms with E-state index < -0.39 is 12.1 Å². The predicted molar refractivity (Wildman–Crippen MR) is 157 cm³/mol. The lowest BCUT2D eigenvalue weighted by atomic mass is 9.95. The third-order valence-corrected chi connectivity index (χ3v) is 7.79. The first kappa shape index (κ1) is 28.0. The van der Waals surface area contributed by atoms with E-state index in [1.165, 1.54) is 0 Å². The van der Waals surface area contributed by atoms with E-state index in [9.17, 15) is 14.4 Å². The van der Waals surface area contributed by atoms with Gasteiger partial charge in [-0.15, -0.1) is 0 Å². The topological polar surface area (TPSA) is 82.2 Å². The Balaban J connectivity index is 1.51. The zero-order valence-electron chi connectivity index (χ0n) is 23.9. The number of amides is 4. The number of benzene rings is 3. The Bertz CT molecular complexity index is 1450. The Morgan fingerprint density at radius 3 is 2.29 bits per heavy atom. The Hall–Kier alpha value is -4.59. The minimum Gasteiger partial charge on any atom is -0.457 e. The number of rotatable bonds is 9. The summed E-state index contributed by atoms with van der Waals surface area (Å²) in [5.41, 5.74) is 2.82. The van der Waals surface area contributed by atoms with Crippen molar-refractivity contribution in [1.82, 2.24) is 20.0 Å². The van der Waals surface area contributed by atoms with Crippen LogP contribution in [-0.2, 0) is 16.0 Å². The van der Waals surface area contributed by atoms with Gasteiger partial charge in [-0.05, 0) is 56.2 Å². The summed E-state index contributed by atoms with van der Waals surface area (Å²) in [6.45, 7) is 6.37. The van der Waals surface area contributed by atoms with E-state index in [-0.39, 0.29) is 30.4 Å². The van der Waals surface area contributed by atoms with Gasteiger partial charge in [0.25, 0.3) is 5.91 Å².